The number of hydrogen-bond acceptors (Lipinski definition) is 5. The van der Waals surface area contributed by atoms with Crippen LogP contribution in [0.3, 0.4) is 0 Å². The molecule has 0 bridgehead atoms. The van der Waals surface area contributed by atoms with Crippen LogP contribution in [0.5, 0.6) is 0 Å². The minimum Gasteiger partial charge on any atom is -0.441 e. The minimum atomic E-state index is 0.101. The average molecular weight is 461 g/mol. The van der Waals surface area contributed by atoms with Gasteiger partial charge in [0.25, 0.3) is 0 Å². The van der Waals surface area contributed by atoms with E-state index < -0.39 is 0 Å². The second-order valence-electron chi connectivity index (χ2n) is 9.29. The summed E-state index contributed by atoms with van der Waals surface area (Å²) in [5.74, 6) is 1.86. The number of carbonyl (C=O) groups excluding carboxylic acids is 1. The molecule has 1 N–H and O–H groups in total. The summed E-state index contributed by atoms with van der Waals surface area (Å²) in [7, 11) is 2.09. The number of rotatable bonds is 9. The maximum Gasteiger partial charge on any atom is 0.226 e. The first kappa shape index (κ1) is 24.0. The van der Waals surface area contributed by atoms with Crippen LogP contribution in [0.25, 0.3) is 11.5 Å². The zero-order chi connectivity index (χ0) is 23.9. The molecule has 1 aliphatic heterocycles. The van der Waals surface area contributed by atoms with Gasteiger partial charge in [-0.05, 0) is 70.0 Å². The van der Waals surface area contributed by atoms with E-state index in [9.17, 15) is 4.79 Å². The molecule has 1 aliphatic rings. The Kier molecular flexibility index (Phi) is 8.01. The van der Waals surface area contributed by atoms with Crippen LogP contribution >= 0.6 is 0 Å². The third-order valence-corrected chi connectivity index (χ3v) is 6.77. The van der Waals surface area contributed by atoms with E-state index in [4.69, 9.17) is 9.40 Å². The largest absolute Gasteiger partial charge is 0.441 e. The van der Waals surface area contributed by atoms with Crippen molar-refractivity contribution in [3.05, 3.63) is 71.6 Å². The summed E-state index contributed by atoms with van der Waals surface area (Å²) >= 11 is 0. The fraction of sp³-hybridized carbons (Fsp3) is 0.429. The van der Waals surface area contributed by atoms with Crippen molar-refractivity contribution in [1.82, 2.24) is 15.2 Å². The standard InChI is InChI=1S/C28H36N4O2/c1-21-10-7-8-13-25(21)28-30-26(22(2)34-28)20-32-18-14-23(15-19-32)27(33)29-16-9-17-31(3)24-11-5-4-6-12-24/h4-8,10-13,23H,9,14-20H2,1-3H3,(H,29,33). The quantitative estimate of drug-likeness (QED) is 0.464. The van der Waals surface area contributed by atoms with Crippen LogP contribution in [0.2, 0.25) is 0 Å². The van der Waals surface area contributed by atoms with Crippen LogP contribution in [-0.4, -0.2) is 49.0 Å². The van der Waals surface area contributed by atoms with Crippen LogP contribution in [0.4, 0.5) is 5.69 Å². The predicted molar refractivity (Wildman–Crippen MR) is 137 cm³/mol. The lowest BCUT2D eigenvalue weighted by atomic mass is 9.95. The molecule has 180 valence electrons. The Morgan fingerprint density at radius 1 is 1.09 bits per heavy atom. The van der Waals surface area contributed by atoms with Gasteiger partial charge < -0.3 is 14.6 Å². The molecule has 2 aromatic carbocycles. The van der Waals surface area contributed by atoms with Crippen molar-refractivity contribution in [1.29, 1.82) is 0 Å². The van der Waals surface area contributed by atoms with Crippen molar-refractivity contribution in [3.8, 4) is 11.5 Å². The molecule has 4 rings (SSSR count). The molecule has 1 fully saturated rings. The van der Waals surface area contributed by atoms with Gasteiger partial charge in [0.1, 0.15) is 5.76 Å². The van der Waals surface area contributed by atoms with Crippen LogP contribution in [0.1, 0.15) is 36.3 Å². The van der Waals surface area contributed by atoms with Crippen LogP contribution in [0, 0.1) is 19.8 Å². The molecule has 0 unspecified atom stereocenters. The van der Waals surface area contributed by atoms with Crippen LogP contribution in [-0.2, 0) is 11.3 Å². The Labute approximate surface area is 203 Å². The maximum absolute atomic E-state index is 12.7. The number of amides is 1. The number of oxazole rings is 1. The molecule has 2 heterocycles. The van der Waals surface area contributed by atoms with Crippen molar-refractivity contribution in [2.75, 3.05) is 38.1 Å². The summed E-state index contributed by atoms with van der Waals surface area (Å²) in [6, 6.07) is 18.5. The third-order valence-electron chi connectivity index (χ3n) is 6.77. The van der Waals surface area contributed by atoms with Gasteiger partial charge in [-0.2, -0.15) is 0 Å². The number of nitrogens with one attached hydrogen (secondary N) is 1. The Hall–Kier alpha value is -3.12. The molecule has 0 atom stereocenters. The van der Waals surface area contributed by atoms with Crippen molar-refractivity contribution >= 4 is 11.6 Å². The number of nitrogens with zero attached hydrogens (tertiary/aromatic N) is 3. The zero-order valence-electron chi connectivity index (χ0n) is 20.6. The summed E-state index contributed by atoms with van der Waals surface area (Å²) in [4.78, 5) is 22.0. The number of carbonyl (C=O) groups is 1. The molecule has 1 aromatic heterocycles. The van der Waals surface area contributed by atoms with E-state index in [0.29, 0.717) is 5.89 Å². The van der Waals surface area contributed by atoms with Gasteiger partial charge in [-0.25, -0.2) is 4.98 Å². The molecule has 34 heavy (non-hydrogen) atoms. The summed E-state index contributed by atoms with van der Waals surface area (Å²) < 4.78 is 5.98. The highest BCUT2D eigenvalue weighted by Gasteiger charge is 2.26. The number of para-hydroxylation sites is 1. The number of anilines is 1. The Bertz CT molecular complexity index is 1070. The molecule has 6 nitrogen and oxygen atoms in total. The molecule has 0 spiro atoms. The first-order chi connectivity index (χ1) is 16.5. The Morgan fingerprint density at radius 2 is 1.79 bits per heavy atom. The highest BCUT2D eigenvalue weighted by molar-refractivity contribution is 5.78. The van der Waals surface area contributed by atoms with Crippen molar-refractivity contribution < 1.29 is 9.21 Å². The lowest BCUT2D eigenvalue weighted by Crippen LogP contribution is -2.40. The molecule has 1 amide bonds. The molecule has 0 aliphatic carbocycles. The maximum atomic E-state index is 12.7. The van der Waals surface area contributed by atoms with E-state index in [-0.39, 0.29) is 11.8 Å². The van der Waals surface area contributed by atoms with Gasteiger partial charge in [0, 0.05) is 43.9 Å². The van der Waals surface area contributed by atoms with Gasteiger partial charge in [0.2, 0.25) is 11.8 Å². The predicted octanol–water partition coefficient (Wildman–Crippen LogP) is 4.81. The van der Waals surface area contributed by atoms with Gasteiger partial charge in [-0.15, -0.1) is 0 Å². The number of aryl methyl sites for hydroxylation is 2. The van der Waals surface area contributed by atoms with E-state index in [1.807, 2.05) is 43.3 Å². The minimum absolute atomic E-state index is 0.101. The van der Waals surface area contributed by atoms with Crippen molar-refractivity contribution in [3.63, 3.8) is 0 Å². The summed E-state index contributed by atoms with van der Waals surface area (Å²) in [6.07, 6.45) is 2.71. The second kappa shape index (κ2) is 11.3. The van der Waals surface area contributed by atoms with Crippen molar-refractivity contribution in [2.24, 2.45) is 5.92 Å². The molecule has 3 aromatic rings. The monoisotopic (exact) mass is 460 g/mol. The van der Waals surface area contributed by atoms with E-state index >= 15 is 0 Å². The van der Waals surface area contributed by atoms with Gasteiger partial charge in [0.05, 0.1) is 5.69 Å². The SMILES string of the molecule is Cc1ccccc1-c1nc(CN2CCC(C(=O)NCCCN(C)c3ccccc3)CC2)c(C)o1. The van der Waals surface area contributed by atoms with Crippen LogP contribution in [0.15, 0.2) is 59.0 Å². The Morgan fingerprint density at radius 3 is 2.53 bits per heavy atom. The van der Waals surface area contributed by atoms with E-state index in [1.165, 1.54) is 5.69 Å². The molecule has 0 saturated carbocycles. The van der Waals surface area contributed by atoms with Gasteiger partial charge in [-0.3, -0.25) is 9.69 Å². The first-order valence-corrected chi connectivity index (χ1v) is 12.3. The van der Waals surface area contributed by atoms with E-state index in [2.05, 4.69) is 47.3 Å². The molecule has 1 saturated heterocycles. The number of aromatic nitrogens is 1. The fourth-order valence-corrected chi connectivity index (χ4v) is 4.55. The lowest BCUT2D eigenvalue weighted by molar-refractivity contribution is -0.126. The molecule has 0 radical (unpaired) electrons. The zero-order valence-corrected chi connectivity index (χ0v) is 20.6. The van der Waals surface area contributed by atoms with E-state index in [0.717, 1.165) is 74.6 Å². The highest BCUT2D eigenvalue weighted by atomic mass is 16.4. The Balaban J connectivity index is 1.19. The lowest BCUT2D eigenvalue weighted by Gasteiger charge is -2.30. The van der Waals surface area contributed by atoms with E-state index in [1.54, 1.807) is 0 Å². The van der Waals surface area contributed by atoms with Gasteiger partial charge in [-0.1, -0.05) is 36.4 Å². The van der Waals surface area contributed by atoms with Gasteiger partial charge in [0.15, 0.2) is 0 Å². The summed E-state index contributed by atoms with van der Waals surface area (Å²) in [5.41, 5.74) is 4.40. The summed E-state index contributed by atoms with van der Waals surface area (Å²) in [6.45, 7) is 8.27. The van der Waals surface area contributed by atoms with Crippen LogP contribution < -0.4 is 10.2 Å². The second-order valence-corrected chi connectivity index (χ2v) is 9.29. The first-order valence-electron chi connectivity index (χ1n) is 12.3. The number of benzene rings is 2. The number of piperidine rings is 1. The molecular formula is C28H36N4O2. The molecular weight excluding hydrogens is 424 g/mol. The van der Waals surface area contributed by atoms with Crippen molar-refractivity contribution in [2.45, 2.75) is 39.7 Å². The van der Waals surface area contributed by atoms with Gasteiger partial charge >= 0.3 is 0 Å². The number of hydrogen-bond donors (Lipinski definition) is 1. The highest BCUT2D eigenvalue weighted by Crippen LogP contribution is 2.26. The summed E-state index contributed by atoms with van der Waals surface area (Å²) in [5, 5.41) is 3.15. The topological polar surface area (TPSA) is 61.6 Å². The smallest absolute Gasteiger partial charge is 0.226 e. The number of likely N-dealkylation sites (tertiary alicyclic amines) is 1. The third kappa shape index (κ3) is 6.06. The average Bonchev–Trinajstić information content (AvgIpc) is 3.22. The molecule has 6 heteroatoms. The normalized spacial score (nSPS) is 14.8. The fourth-order valence-electron chi connectivity index (χ4n) is 4.55.